The fourth-order valence-corrected chi connectivity index (χ4v) is 3.22. The third-order valence-corrected chi connectivity index (χ3v) is 4.38. The van der Waals surface area contributed by atoms with Crippen LogP contribution in [0.15, 0.2) is 30.9 Å². The van der Waals surface area contributed by atoms with Crippen LogP contribution in [0, 0.1) is 0 Å². The number of aromatic nitrogens is 4. The SMILES string of the molecule is COc1cc(N2CC3(CC(Oc4ncccn4)CCO3)C2)ncn1. The van der Waals surface area contributed by atoms with Crippen LogP contribution in [0.5, 0.6) is 11.9 Å². The Hall–Kier alpha value is -2.48. The molecule has 1 atom stereocenters. The zero-order valence-corrected chi connectivity index (χ0v) is 13.5. The van der Waals surface area contributed by atoms with Crippen molar-refractivity contribution in [1.82, 2.24) is 19.9 Å². The van der Waals surface area contributed by atoms with Crippen LogP contribution in [0.1, 0.15) is 12.8 Å². The molecular weight excluding hydrogens is 310 g/mol. The van der Waals surface area contributed by atoms with Crippen molar-refractivity contribution >= 4 is 5.82 Å². The van der Waals surface area contributed by atoms with Gasteiger partial charge in [-0.15, -0.1) is 0 Å². The average molecular weight is 329 g/mol. The minimum Gasteiger partial charge on any atom is -0.481 e. The number of hydrogen-bond acceptors (Lipinski definition) is 8. The van der Waals surface area contributed by atoms with E-state index in [4.69, 9.17) is 14.2 Å². The van der Waals surface area contributed by atoms with E-state index < -0.39 is 0 Å². The van der Waals surface area contributed by atoms with E-state index in [9.17, 15) is 0 Å². The summed E-state index contributed by atoms with van der Waals surface area (Å²) in [7, 11) is 1.60. The highest BCUT2D eigenvalue weighted by Gasteiger charge is 2.49. The molecule has 0 aliphatic carbocycles. The number of methoxy groups -OCH3 is 1. The van der Waals surface area contributed by atoms with Crippen LogP contribution < -0.4 is 14.4 Å². The second-order valence-electron chi connectivity index (χ2n) is 6.07. The molecular formula is C16H19N5O3. The van der Waals surface area contributed by atoms with Crippen molar-refractivity contribution in [2.24, 2.45) is 0 Å². The number of nitrogens with zero attached hydrogens (tertiary/aromatic N) is 5. The smallest absolute Gasteiger partial charge is 0.316 e. The Morgan fingerprint density at radius 2 is 2.04 bits per heavy atom. The first-order valence-electron chi connectivity index (χ1n) is 7.95. The van der Waals surface area contributed by atoms with Gasteiger partial charge in [0.25, 0.3) is 0 Å². The van der Waals surface area contributed by atoms with E-state index in [1.807, 2.05) is 6.07 Å². The maximum Gasteiger partial charge on any atom is 0.316 e. The summed E-state index contributed by atoms with van der Waals surface area (Å²) < 4.78 is 17.1. The lowest BCUT2D eigenvalue weighted by Gasteiger charge is -2.53. The summed E-state index contributed by atoms with van der Waals surface area (Å²) in [5.41, 5.74) is -0.185. The Morgan fingerprint density at radius 1 is 1.21 bits per heavy atom. The van der Waals surface area contributed by atoms with E-state index in [1.54, 1.807) is 25.6 Å². The summed E-state index contributed by atoms with van der Waals surface area (Å²) in [6.45, 7) is 2.24. The summed E-state index contributed by atoms with van der Waals surface area (Å²) in [6, 6.07) is 4.04. The van der Waals surface area contributed by atoms with E-state index in [-0.39, 0.29) is 11.7 Å². The zero-order chi connectivity index (χ0) is 16.4. The van der Waals surface area contributed by atoms with Crippen LogP contribution in [0.3, 0.4) is 0 Å². The first-order chi connectivity index (χ1) is 11.8. The van der Waals surface area contributed by atoms with Crippen molar-refractivity contribution in [3.05, 3.63) is 30.9 Å². The Bertz CT molecular complexity index is 693. The van der Waals surface area contributed by atoms with E-state index in [2.05, 4.69) is 24.8 Å². The summed E-state index contributed by atoms with van der Waals surface area (Å²) in [6.07, 6.45) is 6.63. The molecule has 2 aliphatic heterocycles. The molecule has 0 aromatic carbocycles. The highest BCUT2D eigenvalue weighted by molar-refractivity contribution is 5.45. The standard InChI is InChI=1S/C16H19N5O3/c1-22-14-7-13(19-11-20-14)21-9-16(10-21)8-12(3-6-23-16)24-15-17-4-2-5-18-15/h2,4-5,7,11-12H,3,6,8-10H2,1H3. The first kappa shape index (κ1) is 15.1. The van der Waals surface area contributed by atoms with Crippen molar-refractivity contribution < 1.29 is 14.2 Å². The number of hydrogen-bond donors (Lipinski definition) is 0. The molecule has 2 aromatic heterocycles. The van der Waals surface area contributed by atoms with Crippen LogP contribution in [0.2, 0.25) is 0 Å². The van der Waals surface area contributed by atoms with Gasteiger partial charge in [-0.2, -0.15) is 0 Å². The van der Waals surface area contributed by atoms with E-state index in [0.29, 0.717) is 18.5 Å². The summed E-state index contributed by atoms with van der Waals surface area (Å²) >= 11 is 0. The van der Waals surface area contributed by atoms with Gasteiger partial charge in [0.15, 0.2) is 0 Å². The normalized spacial score (nSPS) is 22.0. The molecule has 0 N–H and O–H groups in total. The minimum absolute atomic E-state index is 0.0724. The lowest BCUT2D eigenvalue weighted by molar-refractivity contribution is -0.127. The summed E-state index contributed by atoms with van der Waals surface area (Å²) in [5.74, 6) is 1.42. The molecule has 8 heteroatoms. The molecule has 4 heterocycles. The number of ether oxygens (including phenoxy) is 3. The average Bonchev–Trinajstić information content (AvgIpc) is 2.61. The van der Waals surface area contributed by atoms with Gasteiger partial charge in [0.1, 0.15) is 23.9 Å². The third kappa shape index (κ3) is 2.96. The molecule has 8 nitrogen and oxygen atoms in total. The molecule has 2 saturated heterocycles. The summed E-state index contributed by atoms with van der Waals surface area (Å²) in [5, 5.41) is 0. The predicted octanol–water partition coefficient (Wildman–Crippen LogP) is 1.09. The first-order valence-corrected chi connectivity index (χ1v) is 7.95. The fourth-order valence-electron chi connectivity index (χ4n) is 3.22. The van der Waals surface area contributed by atoms with Gasteiger partial charge in [-0.3, -0.25) is 0 Å². The van der Waals surface area contributed by atoms with Crippen LogP contribution in [0.25, 0.3) is 0 Å². The van der Waals surface area contributed by atoms with Crippen molar-refractivity contribution in [1.29, 1.82) is 0 Å². The molecule has 0 amide bonds. The van der Waals surface area contributed by atoms with Gasteiger partial charge in [0, 0.05) is 31.3 Å². The van der Waals surface area contributed by atoms with Gasteiger partial charge in [-0.25, -0.2) is 19.9 Å². The molecule has 2 aliphatic rings. The largest absolute Gasteiger partial charge is 0.481 e. The number of anilines is 1. The van der Waals surface area contributed by atoms with Crippen LogP contribution in [-0.4, -0.2) is 58.4 Å². The van der Waals surface area contributed by atoms with Crippen LogP contribution in [-0.2, 0) is 4.74 Å². The highest BCUT2D eigenvalue weighted by Crippen LogP contribution is 2.37. The lowest BCUT2D eigenvalue weighted by Crippen LogP contribution is -2.66. The highest BCUT2D eigenvalue weighted by atomic mass is 16.5. The molecule has 24 heavy (non-hydrogen) atoms. The molecule has 0 bridgehead atoms. The van der Waals surface area contributed by atoms with Crippen molar-refractivity contribution in [2.45, 2.75) is 24.5 Å². The Labute approximate surface area is 139 Å². The molecule has 1 spiro atoms. The van der Waals surface area contributed by atoms with Gasteiger partial charge in [-0.05, 0) is 6.07 Å². The molecule has 4 rings (SSSR count). The van der Waals surface area contributed by atoms with Gasteiger partial charge in [0.2, 0.25) is 5.88 Å². The Kier molecular flexibility index (Phi) is 3.89. The lowest BCUT2D eigenvalue weighted by atomic mass is 9.84. The zero-order valence-electron chi connectivity index (χ0n) is 13.5. The molecule has 0 saturated carbocycles. The van der Waals surface area contributed by atoms with E-state index >= 15 is 0 Å². The molecule has 0 radical (unpaired) electrons. The monoisotopic (exact) mass is 329 g/mol. The van der Waals surface area contributed by atoms with E-state index in [1.165, 1.54) is 6.33 Å². The van der Waals surface area contributed by atoms with E-state index in [0.717, 1.165) is 31.7 Å². The van der Waals surface area contributed by atoms with Gasteiger partial charge in [-0.1, -0.05) is 0 Å². The molecule has 1 unspecified atom stereocenters. The second-order valence-corrected chi connectivity index (χ2v) is 6.07. The maximum atomic E-state index is 6.04. The number of rotatable bonds is 4. The Balaban J connectivity index is 1.38. The maximum absolute atomic E-state index is 6.04. The van der Waals surface area contributed by atoms with Crippen molar-refractivity contribution in [3.8, 4) is 11.9 Å². The summed E-state index contributed by atoms with van der Waals surface area (Å²) in [4.78, 5) is 18.8. The second kappa shape index (κ2) is 6.20. The van der Waals surface area contributed by atoms with Crippen LogP contribution in [0.4, 0.5) is 5.82 Å². The minimum atomic E-state index is -0.185. The molecule has 126 valence electrons. The predicted molar refractivity (Wildman–Crippen MR) is 85.2 cm³/mol. The van der Waals surface area contributed by atoms with Gasteiger partial charge < -0.3 is 19.1 Å². The Morgan fingerprint density at radius 3 is 2.83 bits per heavy atom. The van der Waals surface area contributed by atoms with Crippen molar-refractivity contribution in [2.75, 3.05) is 31.7 Å². The van der Waals surface area contributed by atoms with Gasteiger partial charge >= 0.3 is 6.01 Å². The molecule has 2 aromatic rings. The molecule has 2 fully saturated rings. The quantitative estimate of drug-likeness (QED) is 0.824. The van der Waals surface area contributed by atoms with Crippen LogP contribution >= 0.6 is 0 Å². The third-order valence-electron chi connectivity index (χ3n) is 4.38. The topological polar surface area (TPSA) is 82.5 Å². The van der Waals surface area contributed by atoms with Gasteiger partial charge in [0.05, 0.1) is 26.8 Å². The fraction of sp³-hybridized carbons (Fsp3) is 0.500. The van der Waals surface area contributed by atoms with Crippen molar-refractivity contribution in [3.63, 3.8) is 0 Å².